The molecule has 2 heterocycles. The molecule has 1 aliphatic rings. The molecule has 1 aliphatic heterocycles. The lowest BCUT2D eigenvalue weighted by molar-refractivity contribution is -0.117. The molecular formula is C13H23N5O2. The van der Waals surface area contributed by atoms with Crippen molar-refractivity contribution >= 4 is 11.6 Å². The molecule has 2 N–H and O–H groups in total. The van der Waals surface area contributed by atoms with Gasteiger partial charge in [0.1, 0.15) is 0 Å². The van der Waals surface area contributed by atoms with Crippen LogP contribution >= 0.6 is 0 Å². The number of rotatable bonds is 6. The Morgan fingerprint density at radius 3 is 3.25 bits per heavy atom. The first-order valence-electron chi connectivity index (χ1n) is 7.02. The fourth-order valence-electron chi connectivity index (χ4n) is 2.20. The largest absolute Gasteiger partial charge is 0.383 e. The quantitative estimate of drug-likeness (QED) is 0.753. The second-order valence-corrected chi connectivity index (χ2v) is 4.91. The van der Waals surface area contributed by atoms with E-state index >= 15 is 0 Å². The topological polar surface area (TPSA) is 71.4 Å². The maximum Gasteiger partial charge on any atom is 0.238 e. The molecule has 0 aliphatic carbocycles. The predicted octanol–water partition coefficient (Wildman–Crippen LogP) is -0.237. The first-order valence-corrected chi connectivity index (χ1v) is 7.02. The molecule has 0 aromatic carbocycles. The summed E-state index contributed by atoms with van der Waals surface area (Å²) in [4.78, 5) is 14.2. The smallest absolute Gasteiger partial charge is 0.238 e. The van der Waals surface area contributed by atoms with Crippen LogP contribution in [0.15, 0.2) is 12.4 Å². The van der Waals surface area contributed by atoms with Crippen molar-refractivity contribution in [2.45, 2.75) is 13.0 Å². The van der Waals surface area contributed by atoms with Crippen molar-refractivity contribution in [3.05, 3.63) is 12.4 Å². The van der Waals surface area contributed by atoms with Crippen molar-refractivity contribution in [2.75, 3.05) is 51.8 Å². The average molecular weight is 281 g/mol. The molecule has 1 fully saturated rings. The van der Waals surface area contributed by atoms with Gasteiger partial charge >= 0.3 is 0 Å². The summed E-state index contributed by atoms with van der Waals surface area (Å²) in [5.41, 5.74) is 0.735. The number of nitrogens with zero attached hydrogens (tertiary/aromatic N) is 3. The standard InChI is InChI=1S/C13H23N5O2/c1-20-8-7-18-10-12(9-15-18)16-13(19)11-17-5-2-3-14-4-6-17/h9-10,14H,2-8,11H2,1H3,(H,16,19). The number of methoxy groups -OCH3 is 1. The summed E-state index contributed by atoms with van der Waals surface area (Å²) in [6.45, 7) is 5.59. The van der Waals surface area contributed by atoms with E-state index in [0.717, 1.165) is 38.3 Å². The van der Waals surface area contributed by atoms with Gasteiger partial charge in [-0.2, -0.15) is 5.10 Å². The van der Waals surface area contributed by atoms with Crippen molar-refractivity contribution < 1.29 is 9.53 Å². The Balaban J connectivity index is 1.76. The molecule has 0 radical (unpaired) electrons. The Labute approximate surface area is 119 Å². The SMILES string of the molecule is COCCn1cc(NC(=O)CN2CCCNCC2)cn1. The Hall–Kier alpha value is -1.44. The molecule has 20 heavy (non-hydrogen) atoms. The van der Waals surface area contributed by atoms with E-state index in [4.69, 9.17) is 4.74 Å². The zero-order chi connectivity index (χ0) is 14.2. The lowest BCUT2D eigenvalue weighted by Gasteiger charge is -2.18. The van der Waals surface area contributed by atoms with E-state index in [2.05, 4.69) is 20.6 Å². The summed E-state index contributed by atoms with van der Waals surface area (Å²) in [6, 6.07) is 0. The molecule has 7 heteroatoms. The van der Waals surface area contributed by atoms with Crippen molar-refractivity contribution in [3.8, 4) is 0 Å². The summed E-state index contributed by atoms with van der Waals surface area (Å²) in [6.07, 6.45) is 4.57. The molecule has 1 aromatic heterocycles. The Morgan fingerprint density at radius 2 is 2.40 bits per heavy atom. The fourth-order valence-corrected chi connectivity index (χ4v) is 2.20. The third-order valence-corrected chi connectivity index (χ3v) is 3.24. The van der Waals surface area contributed by atoms with E-state index < -0.39 is 0 Å². The molecule has 0 saturated carbocycles. The number of aromatic nitrogens is 2. The lowest BCUT2D eigenvalue weighted by Crippen LogP contribution is -2.35. The van der Waals surface area contributed by atoms with Gasteiger partial charge < -0.3 is 15.4 Å². The van der Waals surface area contributed by atoms with Crippen LogP contribution in [0.2, 0.25) is 0 Å². The minimum absolute atomic E-state index is 0.0122. The van der Waals surface area contributed by atoms with E-state index in [0.29, 0.717) is 19.7 Å². The highest BCUT2D eigenvalue weighted by Crippen LogP contribution is 2.05. The average Bonchev–Trinajstić information content (AvgIpc) is 2.70. The van der Waals surface area contributed by atoms with E-state index in [-0.39, 0.29) is 5.91 Å². The molecule has 0 bridgehead atoms. The zero-order valence-corrected chi connectivity index (χ0v) is 12.0. The van der Waals surface area contributed by atoms with Crippen LogP contribution in [0.3, 0.4) is 0 Å². The number of amides is 1. The maximum absolute atomic E-state index is 12.0. The van der Waals surface area contributed by atoms with Crippen LogP contribution in [0.1, 0.15) is 6.42 Å². The van der Waals surface area contributed by atoms with Gasteiger partial charge in [-0.05, 0) is 19.5 Å². The molecule has 1 aromatic rings. The highest BCUT2D eigenvalue weighted by molar-refractivity contribution is 5.91. The van der Waals surface area contributed by atoms with Gasteiger partial charge in [0.15, 0.2) is 0 Å². The van der Waals surface area contributed by atoms with Gasteiger partial charge in [-0.25, -0.2) is 0 Å². The lowest BCUT2D eigenvalue weighted by atomic mass is 10.4. The van der Waals surface area contributed by atoms with Gasteiger partial charge in [0.25, 0.3) is 0 Å². The molecule has 0 unspecified atom stereocenters. The molecular weight excluding hydrogens is 258 g/mol. The summed E-state index contributed by atoms with van der Waals surface area (Å²) in [5, 5.41) is 10.4. The number of carbonyl (C=O) groups excluding carboxylic acids is 1. The van der Waals surface area contributed by atoms with Gasteiger partial charge in [-0.3, -0.25) is 14.4 Å². The normalized spacial score (nSPS) is 16.9. The van der Waals surface area contributed by atoms with Gasteiger partial charge in [-0.15, -0.1) is 0 Å². The third-order valence-electron chi connectivity index (χ3n) is 3.24. The number of nitrogens with one attached hydrogen (secondary N) is 2. The van der Waals surface area contributed by atoms with E-state index in [1.807, 2.05) is 6.20 Å². The Morgan fingerprint density at radius 1 is 1.50 bits per heavy atom. The number of ether oxygens (including phenoxy) is 1. The molecule has 0 spiro atoms. The third kappa shape index (κ3) is 4.92. The van der Waals surface area contributed by atoms with E-state index in [1.165, 1.54) is 0 Å². The molecule has 112 valence electrons. The van der Waals surface area contributed by atoms with Gasteiger partial charge in [-0.1, -0.05) is 0 Å². The molecule has 0 atom stereocenters. The monoisotopic (exact) mass is 281 g/mol. The van der Waals surface area contributed by atoms with E-state index in [9.17, 15) is 4.79 Å². The van der Waals surface area contributed by atoms with Crippen LogP contribution in [0.4, 0.5) is 5.69 Å². The first-order chi connectivity index (χ1) is 9.78. The highest BCUT2D eigenvalue weighted by Gasteiger charge is 2.13. The second kappa shape index (κ2) is 7.98. The van der Waals surface area contributed by atoms with Gasteiger partial charge in [0, 0.05) is 26.4 Å². The molecule has 1 amide bonds. The minimum atomic E-state index is 0.0122. The van der Waals surface area contributed by atoms with Crippen molar-refractivity contribution in [1.29, 1.82) is 0 Å². The minimum Gasteiger partial charge on any atom is -0.383 e. The van der Waals surface area contributed by atoms with Crippen LogP contribution in [-0.4, -0.2) is 67.0 Å². The fraction of sp³-hybridized carbons (Fsp3) is 0.692. The number of hydrogen-bond acceptors (Lipinski definition) is 5. The van der Waals surface area contributed by atoms with Crippen LogP contribution in [0.5, 0.6) is 0 Å². The van der Waals surface area contributed by atoms with Crippen LogP contribution in [0, 0.1) is 0 Å². The molecule has 2 rings (SSSR count). The van der Waals surface area contributed by atoms with Crippen LogP contribution in [-0.2, 0) is 16.1 Å². The summed E-state index contributed by atoms with van der Waals surface area (Å²) in [7, 11) is 1.65. The van der Waals surface area contributed by atoms with Crippen molar-refractivity contribution in [1.82, 2.24) is 20.0 Å². The summed E-state index contributed by atoms with van der Waals surface area (Å²) in [5.74, 6) is 0.0122. The van der Waals surface area contributed by atoms with Crippen LogP contribution in [0.25, 0.3) is 0 Å². The second-order valence-electron chi connectivity index (χ2n) is 4.91. The number of hydrogen-bond donors (Lipinski definition) is 2. The predicted molar refractivity (Wildman–Crippen MR) is 76.7 cm³/mol. The molecule has 7 nitrogen and oxygen atoms in total. The zero-order valence-electron chi connectivity index (χ0n) is 12.0. The Kier molecular flexibility index (Phi) is 5.97. The highest BCUT2D eigenvalue weighted by atomic mass is 16.5. The van der Waals surface area contributed by atoms with Crippen molar-refractivity contribution in [2.24, 2.45) is 0 Å². The van der Waals surface area contributed by atoms with Crippen molar-refractivity contribution in [3.63, 3.8) is 0 Å². The summed E-state index contributed by atoms with van der Waals surface area (Å²) >= 11 is 0. The number of anilines is 1. The summed E-state index contributed by atoms with van der Waals surface area (Å²) < 4.78 is 6.75. The maximum atomic E-state index is 12.0. The van der Waals surface area contributed by atoms with Gasteiger partial charge in [0.2, 0.25) is 5.91 Å². The van der Waals surface area contributed by atoms with Crippen LogP contribution < -0.4 is 10.6 Å². The van der Waals surface area contributed by atoms with Gasteiger partial charge in [0.05, 0.1) is 31.6 Å². The Bertz CT molecular complexity index is 413. The first kappa shape index (κ1) is 15.0. The number of carbonyl (C=O) groups is 1. The van der Waals surface area contributed by atoms with E-state index in [1.54, 1.807) is 18.0 Å². The molecule has 1 saturated heterocycles.